The zero-order valence-electron chi connectivity index (χ0n) is 14.4. The van der Waals surface area contributed by atoms with Crippen LogP contribution in [0.3, 0.4) is 0 Å². The number of aryl methyl sites for hydroxylation is 2. The highest BCUT2D eigenvalue weighted by molar-refractivity contribution is 6.07. The molecule has 0 bridgehead atoms. The van der Waals surface area contributed by atoms with E-state index >= 15 is 0 Å². The van der Waals surface area contributed by atoms with Crippen molar-refractivity contribution in [2.75, 3.05) is 11.4 Å². The molecule has 0 aliphatic carbocycles. The summed E-state index contributed by atoms with van der Waals surface area (Å²) in [6, 6.07) is 13.9. The molecule has 126 valence electrons. The Kier molecular flexibility index (Phi) is 3.84. The van der Waals surface area contributed by atoms with Crippen molar-refractivity contribution >= 4 is 11.6 Å². The van der Waals surface area contributed by atoms with E-state index in [2.05, 4.69) is 16.1 Å². The van der Waals surface area contributed by atoms with E-state index in [9.17, 15) is 4.79 Å². The first-order valence-corrected chi connectivity index (χ1v) is 8.46. The topological polar surface area (TPSA) is 51.0 Å². The molecule has 3 heterocycles. The van der Waals surface area contributed by atoms with Crippen molar-refractivity contribution in [2.45, 2.75) is 26.3 Å². The summed E-state index contributed by atoms with van der Waals surface area (Å²) in [6.07, 6.45) is 4.60. The Labute approximate surface area is 146 Å². The number of rotatable bonds is 2. The van der Waals surface area contributed by atoms with E-state index < -0.39 is 0 Å². The third kappa shape index (κ3) is 2.82. The Bertz CT molecular complexity index is 917. The number of carbonyl (C=O) groups excluding carboxylic acids is 1. The van der Waals surface area contributed by atoms with Gasteiger partial charge in [0.15, 0.2) is 0 Å². The minimum atomic E-state index is -0.00527. The molecule has 1 atom stereocenters. The van der Waals surface area contributed by atoms with Crippen molar-refractivity contribution in [2.24, 2.45) is 0 Å². The molecular formula is C20H20N4O. The number of hydrogen-bond donors (Lipinski definition) is 0. The van der Waals surface area contributed by atoms with E-state index in [4.69, 9.17) is 0 Å². The van der Waals surface area contributed by atoms with Crippen molar-refractivity contribution < 1.29 is 4.79 Å². The summed E-state index contributed by atoms with van der Waals surface area (Å²) in [4.78, 5) is 19.6. The first-order chi connectivity index (χ1) is 12.1. The van der Waals surface area contributed by atoms with Crippen LogP contribution in [0.1, 0.15) is 33.4 Å². The van der Waals surface area contributed by atoms with Gasteiger partial charge in [-0.05, 0) is 50.1 Å². The van der Waals surface area contributed by atoms with E-state index in [0.29, 0.717) is 12.1 Å². The molecule has 0 fully saturated rings. The molecule has 4 rings (SSSR count). The van der Waals surface area contributed by atoms with Gasteiger partial charge < -0.3 is 4.90 Å². The molecule has 0 saturated heterocycles. The minimum Gasteiger partial charge on any atom is -0.306 e. The highest BCUT2D eigenvalue weighted by Crippen LogP contribution is 2.32. The number of pyridine rings is 1. The summed E-state index contributed by atoms with van der Waals surface area (Å²) >= 11 is 0. The van der Waals surface area contributed by atoms with Crippen molar-refractivity contribution in [3.63, 3.8) is 0 Å². The van der Waals surface area contributed by atoms with Gasteiger partial charge in [-0.15, -0.1) is 0 Å². The predicted octanol–water partition coefficient (Wildman–Crippen LogP) is 3.34. The van der Waals surface area contributed by atoms with Gasteiger partial charge in [-0.25, -0.2) is 0 Å². The fraction of sp³-hybridized carbons (Fsp3) is 0.250. The van der Waals surface area contributed by atoms with Crippen molar-refractivity contribution in [1.82, 2.24) is 14.8 Å². The fourth-order valence-electron chi connectivity index (χ4n) is 3.50. The van der Waals surface area contributed by atoms with E-state index in [0.717, 1.165) is 23.5 Å². The normalized spacial score (nSPS) is 16.6. The standard InChI is InChI=1S/C20H20N4O/c1-14-8-9-18(15(2)22-14)20(25)23-13-17(24-11-5-10-21-24)12-16-6-3-4-7-19(16)23/h3-11,17H,12-13H2,1-2H3/t17-/m0/s1. The van der Waals surface area contributed by atoms with Crippen LogP contribution in [-0.4, -0.2) is 27.2 Å². The average Bonchev–Trinajstić information content (AvgIpc) is 3.15. The lowest BCUT2D eigenvalue weighted by atomic mass is 9.97. The number of carbonyl (C=O) groups is 1. The largest absolute Gasteiger partial charge is 0.306 e. The molecular weight excluding hydrogens is 312 g/mol. The molecule has 0 spiro atoms. The number of nitrogens with zero attached hydrogens (tertiary/aromatic N) is 4. The second-order valence-corrected chi connectivity index (χ2v) is 6.47. The van der Waals surface area contributed by atoms with Crippen LogP contribution in [0.2, 0.25) is 0 Å². The van der Waals surface area contributed by atoms with Gasteiger partial charge in [-0.2, -0.15) is 5.10 Å². The summed E-state index contributed by atoms with van der Waals surface area (Å²) < 4.78 is 1.94. The minimum absolute atomic E-state index is 0.00527. The van der Waals surface area contributed by atoms with Crippen LogP contribution in [0, 0.1) is 13.8 Å². The Morgan fingerprint density at radius 3 is 2.72 bits per heavy atom. The van der Waals surface area contributed by atoms with Crippen LogP contribution < -0.4 is 4.90 Å². The average molecular weight is 332 g/mol. The summed E-state index contributed by atoms with van der Waals surface area (Å²) in [5.74, 6) is -0.00527. The maximum Gasteiger partial charge on any atom is 0.260 e. The zero-order valence-corrected chi connectivity index (χ0v) is 14.4. The van der Waals surface area contributed by atoms with Gasteiger partial charge >= 0.3 is 0 Å². The smallest absolute Gasteiger partial charge is 0.260 e. The molecule has 3 aromatic rings. The first-order valence-electron chi connectivity index (χ1n) is 8.46. The van der Waals surface area contributed by atoms with Gasteiger partial charge in [0, 0.05) is 30.3 Å². The summed E-state index contributed by atoms with van der Waals surface area (Å²) in [5, 5.41) is 4.37. The molecule has 0 saturated carbocycles. The number of aromatic nitrogens is 3. The number of benzene rings is 1. The third-order valence-electron chi connectivity index (χ3n) is 4.73. The number of anilines is 1. The first kappa shape index (κ1) is 15.6. The van der Waals surface area contributed by atoms with Crippen LogP contribution in [0.4, 0.5) is 5.69 Å². The predicted molar refractivity (Wildman–Crippen MR) is 96.8 cm³/mol. The molecule has 2 aromatic heterocycles. The van der Waals surface area contributed by atoms with Gasteiger partial charge in [-0.3, -0.25) is 14.5 Å². The molecule has 0 N–H and O–H groups in total. The Hall–Kier alpha value is -2.95. The van der Waals surface area contributed by atoms with Crippen LogP contribution >= 0.6 is 0 Å². The van der Waals surface area contributed by atoms with Gasteiger partial charge in [0.1, 0.15) is 0 Å². The number of hydrogen-bond acceptors (Lipinski definition) is 3. The third-order valence-corrected chi connectivity index (χ3v) is 4.73. The van der Waals surface area contributed by atoms with Crippen LogP contribution in [0.15, 0.2) is 54.9 Å². The lowest BCUT2D eigenvalue weighted by Gasteiger charge is -2.35. The summed E-state index contributed by atoms with van der Waals surface area (Å²) in [6.45, 7) is 4.43. The molecule has 1 amide bonds. The maximum atomic E-state index is 13.3. The lowest BCUT2D eigenvalue weighted by molar-refractivity contribution is 0.0979. The molecule has 0 unspecified atom stereocenters. The maximum absolute atomic E-state index is 13.3. The second-order valence-electron chi connectivity index (χ2n) is 6.47. The van der Waals surface area contributed by atoms with E-state index in [1.165, 1.54) is 5.56 Å². The Morgan fingerprint density at radius 2 is 1.96 bits per heavy atom. The molecule has 1 aliphatic rings. The molecule has 1 aliphatic heterocycles. The highest BCUT2D eigenvalue weighted by atomic mass is 16.2. The van der Waals surface area contributed by atoms with E-state index in [-0.39, 0.29) is 11.9 Å². The second kappa shape index (κ2) is 6.16. The van der Waals surface area contributed by atoms with Crippen molar-refractivity contribution in [1.29, 1.82) is 0 Å². The van der Waals surface area contributed by atoms with Gasteiger partial charge in [0.05, 0.1) is 17.3 Å². The van der Waals surface area contributed by atoms with Crippen molar-refractivity contribution in [3.05, 3.63) is 77.4 Å². The van der Waals surface area contributed by atoms with Gasteiger partial charge in [-0.1, -0.05) is 18.2 Å². The summed E-state index contributed by atoms with van der Waals surface area (Å²) in [7, 11) is 0. The van der Waals surface area contributed by atoms with Crippen LogP contribution in [0.5, 0.6) is 0 Å². The van der Waals surface area contributed by atoms with Crippen LogP contribution in [0.25, 0.3) is 0 Å². The summed E-state index contributed by atoms with van der Waals surface area (Å²) in [5.41, 5.74) is 4.49. The Morgan fingerprint density at radius 1 is 1.12 bits per heavy atom. The van der Waals surface area contributed by atoms with E-state index in [1.54, 1.807) is 6.20 Å². The number of fused-ring (bicyclic) bond motifs is 1. The monoisotopic (exact) mass is 332 g/mol. The van der Waals surface area contributed by atoms with E-state index in [1.807, 2.05) is 66.0 Å². The molecule has 5 heteroatoms. The Balaban J connectivity index is 1.75. The molecule has 1 aromatic carbocycles. The van der Waals surface area contributed by atoms with Crippen LogP contribution in [-0.2, 0) is 6.42 Å². The number of para-hydroxylation sites is 1. The number of amides is 1. The molecule has 5 nitrogen and oxygen atoms in total. The van der Waals surface area contributed by atoms with Crippen molar-refractivity contribution in [3.8, 4) is 0 Å². The lowest BCUT2D eigenvalue weighted by Crippen LogP contribution is -2.41. The zero-order chi connectivity index (χ0) is 17.4. The molecule has 25 heavy (non-hydrogen) atoms. The SMILES string of the molecule is Cc1ccc(C(=O)N2C[C@@H](n3cccn3)Cc3ccccc32)c(C)n1. The fourth-order valence-corrected chi connectivity index (χ4v) is 3.50. The highest BCUT2D eigenvalue weighted by Gasteiger charge is 2.30. The van der Waals surface area contributed by atoms with Gasteiger partial charge in [0.25, 0.3) is 5.91 Å². The quantitative estimate of drug-likeness (QED) is 0.723. The molecule has 0 radical (unpaired) electrons. The van der Waals surface area contributed by atoms with Gasteiger partial charge in [0.2, 0.25) is 0 Å².